The Kier molecular flexibility index (Phi) is 7.74. The molecule has 172 valence electrons. The van der Waals surface area contributed by atoms with Gasteiger partial charge in [0.25, 0.3) is 0 Å². The quantitative estimate of drug-likeness (QED) is 0.694. The van der Waals surface area contributed by atoms with E-state index in [1.165, 1.54) is 6.20 Å². The van der Waals surface area contributed by atoms with Gasteiger partial charge in [-0.2, -0.15) is 4.90 Å². The van der Waals surface area contributed by atoms with Crippen molar-refractivity contribution in [2.24, 2.45) is 0 Å². The minimum absolute atomic E-state index is 0.124. The zero-order valence-corrected chi connectivity index (χ0v) is 19.7. The molecule has 0 saturated carbocycles. The van der Waals surface area contributed by atoms with Gasteiger partial charge in [-0.25, -0.2) is 19.6 Å². The summed E-state index contributed by atoms with van der Waals surface area (Å²) in [6.07, 6.45) is 1.20. The third kappa shape index (κ3) is 7.16. The number of hydrogen-bond acceptors (Lipinski definition) is 7. The number of aromatic nitrogens is 2. The third-order valence-electron chi connectivity index (χ3n) is 3.85. The number of anilines is 1. The minimum Gasteiger partial charge on any atom is -0.443 e. The topological polar surface area (TPSA) is 102 Å². The van der Waals surface area contributed by atoms with Crippen LogP contribution in [0.25, 0.3) is 17.3 Å². The average Bonchev–Trinajstić information content (AvgIpc) is 2.67. The van der Waals surface area contributed by atoms with Crippen molar-refractivity contribution < 1.29 is 24.2 Å². The van der Waals surface area contributed by atoms with E-state index in [-0.39, 0.29) is 12.3 Å². The monoisotopic (exact) mass is 441 g/mol. The number of benzene rings is 1. The molecule has 32 heavy (non-hydrogen) atoms. The first-order valence-corrected chi connectivity index (χ1v) is 10.3. The average molecular weight is 442 g/mol. The number of hydrogen-bond donors (Lipinski definition) is 1. The molecular weight excluding hydrogens is 410 g/mol. The van der Waals surface area contributed by atoms with E-state index in [9.17, 15) is 14.7 Å². The molecule has 0 radical (unpaired) electrons. The highest BCUT2D eigenvalue weighted by Crippen LogP contribution is 2.31. The second-order valence-electron chi connectivity index (χ2n) is 9.27. The Morgan fingerprint density at radius 2 is 1.53 bits per heavy atom. The minimum atomic E-state index is -0.901. The highest BCUT2D eigenvalue weighted by Gasteiger charge is 2.35. The van der Waals surface area contributed by atoms with Gasteiger partial charge in [-0.05, 0) is 60.1 Å². The van der Waals surface area contributed by atoms with Crippen molar-refractivity contribution in [3.63, 3.8) is 0 Å². The number of imide groups is 1. The Hall–Kier alpha value is -3.26. The van der Waals surface area contributed by atoms with Crippen LogP contribution in [0.15, 0.2) is 42.1 Å². The summed E-state index contributed by atoms with van der Waals surface area (Å²) in [4.78, 5) is 35.8. The molecule has 0 saturated heterocycles. The summed E-state index contributed by atoms with van der Waals surface area (Å²) in [6.45, 7) is 11.8. The Morgan fingerprint density at radius 1 is 1.00 bits per heavy atom. The molecule has 1 N–H and O–H groups in total. The molecule has 0 fully saturated rings. The summed E-state index contributed by atoms with van der Waals surface area (Å²) in [5.41, 5.74) is 0.108. The molecule has 2 aromatic rings. The molecule has 0 bridgehead atoms. The zero-order valence-electron chi connectivity index (χ0n) is 19.7. The molecule has 1 aromatic carbocycles. The summed E-state index contributed by atoms with van der Waals surface area (Å²) in [5, 5.41) is 9.33. The molecule has 8 heteroatoms. The lowest BCUT2D eigenvalue weighted by molar-refractivity contribution is 0.0430. The van der Waals surface area contributed by atoms with Crippen molar-refractivity contribution in [1.82, 2.24) is 9.97 Å². The summed E-state index contributed by atoms with van der Waals surface area (Å²) >= 11 is 0. The number of amides is 2. The first kappa shape index (κ1) is 25.0. The molecule has 0 aliphatic rings. The second kappa shape index (κ2) is 9.91. The number of carbonyl (C=O) groups is 2. The van der Waals surface area contributed by atoms with Crippen LogP contribution in [0.2, 0.25) is 0 Å². The molecule has 0 aliphatic carbocycles. The Morgan fingerprint density at radius 3 is 2.00 bits per heavy atom. The van der Waals surface area contributed by atoms with E-state index in [0.29, 0.717) is 22.7 Å². The van der Waals surface area contributed by atoms with Crippen LogP contribution in [0.3, 0.4) is 0 Å². The van der Waals surface area contributed by atoms with Crippen LogP contribution in [0.1, 0.15) is 54.3 Å². The summed E-state index contributed by atoms with van der Waals surface area (Å²) in [7, 11) is 0. The van der Waals surface area contributed by atoms with Crippen molar-refractivity contribution in [2.45, 2.75) is 59.7 Å². The van der Waals surface area contributed by atoms with Gasteiger partial charge in [-0.15, -0.1) is 0 Å². The van der Waals surface area contributed by atoms with E-state index in [4.69, 9.17) is 9.47 Å². The molecule has 1 aromatic heterocycles. The molecular formula is C24H31N3O5. The lowest BCUT2D eigenvalue weighted by Crippen LogP contribution is -2.44. The fraction of sp³-hybridized carbons (Fsp3) is 0.417. The number of nitrogens with zero attached hydrogens (tertiary/aromatic N) is 3. The molecule has 1 heterocycles. The fourth-order valence-corrected chi connectivity index (χ4v) is 2.58. The maximum Gasteiger partial charge on any atom is 0.424 e. The maximum atomic E-state index is 13.1. The number of carbonyl (C=O) groups excluding carboxylic acids is 2. The molecule has 0 unspecified atom stereocenters. The van der Waals surface area contributed by atoms with Crippen LogP contribution in [0, 0.1) is 0 Å². The Balaban J connectivity index is 2.70. The lowest BCUT2D eigenvalue weighted by Gasteiger charge is -2.29. The standard InChI is InChI=1S/C24H31N3O5/c1-16(15-28)13-19-25-14-18(20(26-19)17-11-9-8-10-12-17)27(21(29)31-23(2,3)4)22(30)32-24(5,6)7/h8-14,28H,15H2,1-7H3/b16-13+. The first-order valence-electron chi connectivity index (χ1n) is 10.3. The number of aliphatic hydroxyl groups is 1. The number of ether oxygens (including phenoxy) is 2. The van der Waals surface area contributed by atoms with Gasteiger partial charge in [0.2, 0.25) is 0 Å². The van der Waals surface area contributed by atoms with E-state index < -0.39 is 23.4 Å². The van der Waals surface area contributed by atoms with Crippen molar-refractivity contribution in [2.75, 3.05) is 11.5 Å². The van der Waals surface area contributed by atoms with Crippen LogP contribution in [-0.4, -0.2) is 45.1 Å². The SMILES string of the molecule is C/C(=C\c1ncc(N(C(=O)OC(C)(C)C)C(=O)OC(C)(C)C)c(-c2ccccc2)n1)CO. The second-order valence-corrected chi connectivity index (χ2v) is 9.27. The third-order valence-corrected chi connectivity index (χ3v) is 3.85. The van der Waals surface area contributed by atoms with E-state index in [0.717, 1.165) is 4.90 Å². The van der Waals surface area contributed by atoms with Crippen LogP contribution in [-0.2, 0) is 9.47 Å². The van der Waals surface area contributed by atoms with Gasteiger partial charge in [-0.1, -0.05) is 30.3 Å². The smallest absolute Gasteiger partial charge is 0.424 e. The van der Waals surface area contributed by atoms with Crippen LogP contribution in [0.5, 0.6) is 0 Å². The summed E-state index contributed by atoms with van der Waals surface area (Å²) < 4.78 is 11.0. The number of aliphatic hydroxyl groups excluding tert-OH is 1. The Bertz CT molecular complexity index is 961. The largest absolute Gasteiger partial charge is 0.443 e. The van der Waals surface area contributed by atoms with Gasteiger partial charge in [0.05, 0.1) is 18.5 Å². The predicted molar refractivity (Wildman–Crippen MR) is 123 cm³/mol. The van der Waals surface area contributed by atoms with Crippen molar-refractivity contribution in [1.29, 1.82) is 0 Å². The lowest BCUT2D eigenvalue weighted by atomic mass is 10.1. The molecule has 2 rings (SSSR count). The summed E-state index contributed by atoms with van der Waals surface area (Å²) in [6, 6.07) is 9.10. The molecule has 0 atom stereocenters. The normalized spacial score (nSPS) is 12.3. The maximum absolute atomic E-state index is 13.1. The predicted octanol–water partition coefficient (Wildman–Crippen LogP) is 5.22. The molecule has 2 amide bonds. The first-order chi connectivity index (χ1) is 14.8. The van der Waals surface area contributed by atoms with Crippen molar-refractivity contribution in [3.8, 4) is 11.3 Å². The zero-order chi connectivity index (χ0) is 24.1. The van der Waals surface area contributed by atoms with Gasteiger partial charge in [0.1, 0.15) is 16.9 Å². The van der Waals surface area contributed by atoms with Gasteiger partial charge in [0.15, 0.2) is 5.82 Å². The fourth-order valence-electron chi connectivity index (χ4n) is 2.58. The van der Waals surface area contributed by atoms with Gasteiger partial charge < -0.3 is 14.6 Å². The van der Waals surface area contributed by atoms with Gasteiger partial charge in [-0.3, -0.25) is 0 Å². The van der Waals surface area contributed by atoms with E-state index in [1.54, 1.807) is 66.7 Å². The Labute approximate surface area is 188 Å². The van der Waals surface area contributed by atoms with E-state index in [2.05, 4.69) is 9.97 Å². The van der Waals surface area contributed by atoms with Crippen LogP contribution < -0.4 is 4.90 Å². The highest BCUT2D eigenvalue weighted by atomic mass is 16.6. The van der Waals surface area contributed by atoms with Gasteiger partial charge in [0, 0.05) is 5.56 Å². The van der Waals surface area contributed by atoms with Crippen molar-refractivity contribution in [3.05, 3.63) is 47.9 Å². The van der Waals surface area contributed by atoms with Crippen LogP contribution in [0.4, 0.5) is 15.3 Å². The van der Waals surface area contributed by atoms with Crippen molar-refractivity contribution >= 4 is 23.9 Å². The van der Waals surface area contributed by atoms with Crippen LogP contribution >= 0.6 is 0 Å². The van der Waals surface area contributed by atoms with Gasteiger partial charge >= 0.3 is 12.2 Å². The van der Waals surface area contributed by atoms with E-state index in [1.807, 2.05) is 18.2 Å². The summed E-state index contributed by atoms with van der Waals surface area (Å²) in [5.74, 6) is 0.326. The molecule has 8 nitrogen and oxygen atoms in total. The highest BCUT2D eigenvalue weighted by molar-refractivity contribution is 6.11. The number of rotatable bonds is 4. The molecule has 0 spiro atoms. The molecule has 0 aliphatic heterocycles. The van der Waals surface area contributed by atoms with E-state index >= 15 is 0 Å².